The predicted octanol–water partition coefficient (Wildman–Crippen LogP) is -0.740. The van der Waals surface area contributed by atoms with E-state index in [2.05, 4.69) is 0 Å². The first-order valence-electron chi connectivity index (χ1n) is 0. The predicted molar refractivity (Wildman–Crippen MR) is 7.81 cm³/mol. The van der Waals surface area contributed by atoms with Crippen LogP contribution in [0.5, 0.6) is 0 Å². The Hall–Kier alpha value is 1.39. The van der Waals surface area contributed by atoms with Crippen molar-refractivity contribution in [2.75, 3.05) is 0 Å². The summed E-state index contributed by atoms with van der Waals surface area (Å²) in [6.45, 7) is 0. The fraction of sp³-hybridized carbons (Fsp3) is 0. The molecule has 0 aromatic rings. The zero-order chi connectivity index (χ0) is 0. The topological polar surface area (TPSA) is 85.5 Å². The van der Waals surface area contributed by atoms with Crippen LogP contribution in [-0.4, -0.2) is 26.2 Å². The molecule has 5 heavy (non-hydrogen) atoms. The molecule has 0 N–H and O–H groups in total. The molecule has 0 amide bonds. The molecule has 0 unspecified atom stereocenters. The van der Waals surface area contributed by atoms with E-state index in [1.54, 1.807) is 0 Å². The smallest absolute Gasteiger partial charge is 2.00 e. The Balaban J connectivity index is 0. The van der Waals surface area contributed by atoms with Gasteiger partial charge in [-0.1, -0.05) is 0 Å². The van der Waals surface area contributed by atoms with Gasteiger partial charge in [0.25, 0.3) is 0 Å². The summed E-state index contributed by atoms with van der Waals surface area (Å²) >= 11 is 0. The maximum absolute atomic E-state index is 0. The first-order chi connectivity index (χ1) is 0. The van der Waals surface area contributed by atoms with Crippen LogP contribution in [0.2, 0.25) is 0 Å². The van der Waals surface area contributed by atoms with Gasteiger partial charge in [-0.05, 0) is 0 Å². The van der Waals surface area contributed by atoms with Crippen LogP contribution in [0.15, 0.2) is 0 Å². The van der Waals surface area contributed by atoms with Crippen molar-refractivity contribution in [2.24, 2.45) is 0 Å². The van der Waals surface area contributed by atoms with Crippen molar-refractivity contribution in [3.8, 4) is 0 Å². The number of hydrogen-bond donors (Lipinski definition) is 0. The van der Waals surface area contributed by atoms with Gasteiger partial charge in [-0.25, -0.2) is 0 Å². The fourth-order valence-electron chi connectivity index (χ4n) is 0. The van der Waals surface area contributed by atoms with Crippen LogP contribution in [0, 0.1) is 0 Å². The van der Waals surface area contributed by atoms with Gasteiger partial charge in [0.15, 0.2) is 0 Å². The first kappa shape index (κ1) is 96.4. The minimum Gasteiger partial charge on any atom is -2.00 e. The van der Waals surface area contributed by atoms with Crippen molar-refractivity contribution in [2.45, 2.75) is 0 Å². The van der Waals surface area contributed by atoms with Crippen LogP contribution in [0.1, 0.15) is 0 Å². The van der Waals surface area contributed by atoms with Crippen molar-refractivity contribution in [1.29, 1.82) is 0 Å². The molecule has 0 aliphatic carbocycles. The third kappa shape index (κ3) is 32.1. The average molecular weight is 360 g/mol. The summed E-state index contributed by atoms with van der Waals surface area (Å²) < 4.78 is 0. The summed E-state index contributed by atoms with van der Waals surface area (Å²) in [4.78, 5) is 0. The molecule has 0 atom stereocenters. The Labute approximate surface area is 61.9 Å². The van der Waals surface area contributed by atoms with Gasteiger partial charge < -0.3 is 16.4 Å². The number of rotatable bonds is 0. The zero-order valence-corrected chi connectivity index (χ0v) is 7.12. The molecule has 0 aromatic carbocycles. The molecule has 0 fully saturated rings. The van der Waals surface area contributed by atoms with Gasteiger partial charge in [0.05, 0.1) is 0 Å². The quantitative estimate of drug-likeness (QED) is 0.510. The van der Waals surface area contributed by atoms with Crippen LogP contribution in [0.25, 0.3) is 0 Å². The van der Waals surface area contributed by atoms with E-state index in [-0.39, 0.29) is 62.1 Å². The van der Waals surface area contributed by atoms with Crippen molar-refractivity contribution < 1.29 is 35.9 Å². The van der Waals surface area contributed by atoms with Gasteiger partial charge in [0.1, 0.15) is 0 Å². The Bertz CT molecular complexity index is 6.85. The summed E-state index contributed by atoms with van der Waals surface area (Å²) in [6.07, 6.45) is 0. The standard InChI is InChI=1S/Bi.3O.Rh/q+3;3*-2;+3. The van der Waals surface area contributed by atoms with Gasteiger partial charge in [0, 0.05) is 0 Å². The van der Waals surface area contributed by atoms with Gasteiger partial charge in [-0.3, -0.25) is 0 Å². The van der Waals surface area contributed by atoms with Gasteiger partial charge >= 0.3 is 45.7 Å². The molecule has 0 saturated carbocycles. The Kier molecular flexibility index (Phi) is 1040. The van der Waals surface area contributed by atoms with E-state index in [4.69, 9.17) is 0 Å². The van der Waals surface area contributed by atoms with Crippen molar-refractivity contribution >= 4 is 26.2 Å². The second kappa shape index (κ2) is 53.9. The van der Waals surface area contributed by atoms with E-state index in [9.17, 15) is 0 Å². The molecule has 0 saturated heterocycles. The maximum Gasteiger partial charge on any atom is 3.00 e. The fourth-order valence-corrected chi connectivity index (χ4v) is 0. The first-order valence-corrected chi connectivity index (χ1v) is 0. The summed E-state index contributed by atoms with van der Waals surface area (Å²) in [6, 6.07) is 0. The molecule has 0 aliphatic rings. The monoisotopic (exact) mass is 360 g/mol. The molecule has 0 aromatic heterocycles. The van der Waals surface area contributed by atoms with Gasteiger partial charge in [0.2, 0.25) is 0 Å². The molecule has 32 valence electrons. The summed E-state index contributed by atoms with van der Waals surface area (Å²) in [5.41, 5.74) is 0. The van der Waals surface area contributed by atoms with Crippen molar-refractivity contribution in [3.63, 3.8) is 0 Å². The van der Waals surface area contributed by atoms with E-state index >= 15 is 0 Å². The van der Waals surface area contributed by atoms with Crippen LogP contribution >= 0.6 is 0 Å². The van der Waals surface area contributed by atoms with E-state index in [1.165, 1.54) is 0 Å². The maximum atomic E-state index is 0. The van der Waals surface area contributed by atoms with Crippen LogP contribution in [-0.2, 0) is 35.9 Å². The van der Waals surface area contributed by atoms with Gasteiger partial charge in [-0.15, -0.1) is 0 Å². The molecule has 0 aliphatic heterocycles. The SMILES string of the molecule is [Bi+3].[O-2].[O-2].[O-2].[Rh+3]. The van der Waals surface area contributed by atoms with E-state index in [1.807, 2.05) is 0 Å². The molecule has 0 heterocycles. The van der Waals surface area contributed by atoms with Crippen molar-refractivity contribution in [3.05, 3.63) is 0 Å². The van der Waals surface area contributed by atoms with Crippen LogP contribution in [0.4, 0.5) is 0 Å². The summed E-state index contributed by atoms with van der Waals surface area (Å²) in [5, 5.41) is 0. The molecule has 2 radical (unpaired) electrons. The van der Waals surface area contributed by atoms with E-state index in [0.717, 1.165) is 0 Å². The van der Waals surface area contributed by atoms with Crippen LogP contribution in [0.3, 0.4) is 0 Å². The second-order valence-corrected chi connectivity index (χ2v) is 0. The zero-order valence-electron chi connectivity index (χ0n) is 2.01. The molecular formula is BiO3Rh. The Morgan fingerprint density at radius 2 is 0.600 bits per heavy atom. The molecule has 0 bridgehead atoms. The van der Waals surface area contributed by atoms with Gasteiger partial charge in [-0.2, -0.15) is 0 Å². The minimum absolute atomic E-state index is 0. The van der Waals surface area contributed by atoms with Crippen LogP contribution < -0.4 is 0 Å². The third-order valence-electron chi connectivity index (χ3n) is 0. The average Bonchev–Trinajstić information content (AvgIpc) is 0. The van der Waals surface area contributed by atoms with Crippen molar-refractivity contribution in [1.82, 2.24) is 0 Å². The Morgan fingerprint density at radius 1 is 0.600 bits per heavy atom. The third-order valence-corrected chi connectivity index (χ3v) is 0. The molecule has 5 heteroatoms. The largest absolute Gasteiger partial charge is 3.00 e. The molecule has 3 nitrogen and oxygen atoms in total. The van der Waals surface area contributed by atoms with E-state index < -0.39 is 0 Å². The molecule has 0 spiro atoms. The Morgan fingerprint density at radius 3 is 0.600 bits per heavy atom. The summed E-state index contributed by atoms with van der Waals surface area (Å²) in [7, 11) is 0. The second-order valence-electron chi connectivity index (χ2n) is 0. The minimum atomic E-state index is 0. The summed E-state index contributed by atoms with van der Waals surface area (Å²) in [5.74, 6) is 0. The van der Waals surface area contributed by atoms with E-state index in [0.29, 0.717) is 0 Å². The normalized spacial score (nSPS) is 0. The number of hydrogen-bond acceptors (Lipinski definition) is 0. The molecule has 0 rings (SSSR count). The molecular weight excluding hydrogens is 360 g/mol.